The van der Waals surface area contributed by atoms with E-state index in [9.17, 15) is 19.2 Å². The van der Waals surface area contributed by atoms with E-state index < -0.39 is 41.9 Å². The number of hydrogen-bond acceptors (Lipinski definition) is 8. The maximum absolute atomic E-state index is 13.3. The Balaban J connectivity index is 2.06. The predicted octanol–water partition coefficient (Wildman–Crippen LogP) is 1.43. The van der Waals surface area contributed by atoms with Gasteiger partial charge in [0.25, 0.3) is 11.8 Å². The molecule has 0 spiro atoms. The Kier molecular flexibility index (Phi) is 9.05. The lowest BCUT2D eigenvalue weighted by atomic mass is 10.0. The number of nitrogens with zero attached hydrogens (tertiary/aromatic N) is 2. The van der Waals surface area contributed by atoms with Crippen LogP contribution in [-0.2, 0) is 14.3 Å². The molecule has 0 saturated heterocycles. The van der Waals surface area contributed by atoms with Gasteiger partial charge in [0.1, 0.15) is 5.69 Å². The molecule has 3 atom stereocenters. The number of amides is 3. The maximum Gasteiger partial charge on any atom is 0.349 e. The molecule has 2 heterocycles. The van der Waals surface area contributed by atoms with Crippen LogP contribution >= 0.6 is 0 Å². The smallest absolute Gasteiger partial charge is 0.349 e. The second-order valence-corrected chi connectivity index (χ2v) is 9.01. The van der Waals surface area contributed by atoms with Gasteiger partial charge in [0, 0.05) is 24.3 Å². The van der Waals surface area contributed by atoms with Crippen molar-refractivity contribution in [3.8, 4) is 11.5 Å². The van der Waals surface area contributed by atoms with Gasteiger partial charge >= 0.3 is 5.97 Å². The van der Waals surface area contributed by atoms with Crippen LogP contribution in [0.4, 0.5) is 0 Å². The molecular formula is C26H32N4O7. The molecule has 1 aromatic heterocycles. The first kappa shape index (κ1) is 27.4. The molecule has 0 aliphatic carbocycles. The van der Waals surface area contributed by atoms with Gasteiger partial charge in [-0.1, -0.05) is 19.9 Å². The number of aromatic nitrogens is 1. The van der Waals surface area contributed by atoms with Gasteiger partial charge in [-0.3, -0.25) is 19.4 Å². The van der Waals surface area contributed by atoms with E-state index in [1.165, 1.54) is 31.4 Å². The van der Waals surface area contributed by atoms with Crippen molar-refractivity contribution in [1.82, 2.24) is 20.5 Å². The summed E-state index contributed by atoms with van der Waals surface area (Å²) in [6, 6.07) is 8.15. The molecule has 3 rings (SSSR count). The van der Waals surface area contributed by atoms with Gasteiger partial charge in [-0.25, -0.2) is 4.79 Å². The van der Waals surface area contributed by atoms with Gasteiger partial charge in [0.15, 0.2) is 11.5 Å². The van der Waals surface area contributed by atoms with Crippen molar-refractivity contribution in [1.29, 1.82) is 0 Å². The summed E-state index contributed by atoms with van der Waals surface area (Å²) in [5.74, 6) is -1.79. The van der Waals surface area contributed by atoms with Crippen molar-refractivity contribution >= 4 is 23.7 Å². The summed E-state index contributed by atoms with van der Waals surface area (Å²) >= 11 is 0. The Hall–Kier alpha value is -4.15. The van der Waals surface area contributed by atoms with Gasteiger partial charge in [-0.2, -0.15) is 0 Å². The Bertz CT molecular complexity index is 1140. The van der Waals surface area contributed by atoms with Crippen molar-refractivity contribution in [3.63, 3.8) is 0 Å². The van der Waals surface area contributed by atoms with E-state index in [4.69, 9.17) is 14.2 Å². The topological polar surface area (TPSA) is 136 Å². The van der Waals surface area contributed by atoms with E-state index in [0.29, 0.717) is 5.75 Å². The van der Waals surface area contributed by atoms with Crippen LogP contribution in [0.25, 0.3) is 0 Å². The second kappa shape index (κ2) is 12.2. The zero-order chi connectivity index (χ0) is 27.1. The summed E-state index contributed by atoms with van der Waals surface area (Å²) in [6.45, 7) is 5.12. The van der Waals surface area contributed by atoms with Crippen LogP contribution in [0.1, 0.15) is 41.6 Å². The Morgan fingerprint density at radius 2 is 1.89 bits per heavy atom. The molecule has 1 aromatic carbocycles. The van der Waals surface area contributed by atoms with E-state index >= 15 is 0 Å². The second-order valence-electron chi connectivity index (χ2n) is 9.01. The Morgan fingerprint density at radius 3 is 2.51 bits per heavy atom. The fourth-order valence-electron chi connectivity index (χ4n) is 3.85. The fraction of sp³-hybridized carbons (Fsp3) is 0.423. The summed E-state index contributed by atoms with van der Waals surface area (Å²) in [4.78, 5) is 57.6. The summed E-state index contributed by atoms with van der Waals surface area (Å²) in [6.07, 6.45) is 0.230. The molecule has 2 N–H and O–H groups in total. The highest BCUT2D eigenvalue weighted by atomic mass is 16.6. The largest absolute Gasteiger partial charge is 0.493 e. The van der Waals surface area contributed by atoms with Crippen LogP contribution < -0.4 is 20.1 Å². The molecule has 0 fully saturated rings. The van der Waals surface area contributed by atoms with Crippen LogP contribution in [0.2, 0.25) is 0 Å². The minimum atomic E-state index is -1.26. The number of methoxy groups -OCH3 is 2. The average Bonchev–Trinajstić information content (AvgIpc) is 2.89. The van der Waals surface area contributed by atoms with Gasteiger partial charge < -0.3 is 29.7 Å². The highest BCUT2D eigenvalue weighted by molar-refractivity contribution is 5.96. The molecular weight excluding hydrogens is 480 g/mol. The standard InChI is InChI=1S/C26H32N4O7/c1-15(2)19-13-30(25(33)18-8-6-7-11-27-18)14-22(31)28-16(3)23(26(34)36-5)37-21-12-17(24(32)29-19)9-10-20(21)35-4/h6-12,15-16,19,23H,13-14H2,1-5H3,(H,28,31)(H,29,32)/t16-,19+,23+/m0/s1. The number of rotatable bonds is 4. The zero-order valence-electron chi connectivity index (χ0n) is 21.5. The average molecular weight is 513 g/mol. The predicted molar refractivity (Wildman–Crippen MR) is 133 cm³/mol. The van der Waals surface area contributed by atoms with E-state index in [-0.39, 0.29) is 36.0 Å². The molecule has 0 unspecified atom stereocenters. The monoisotopic (exact) mass is 512 g/mol. The van der Waals surface area contributed by atoms with Crippen molar-refractivity contribution in [2.45, 2.75) is 39.0 Å². The molecule has 0 radical (unpaired) electrons. The highest BCUT2D eigenvalue weighted by Gasteiger charge is 2.33. The lowest BCUT2D eigenvalue weighted by Crippen LogP contribution is -2.54. The normalized spacial score (nSPS) is 20.7. The number of hydrogen-bond donors (Lipinski definition) is 2. The number of benzene rings is 1. The van der Waals surface area contributed by atoms with E-state index in [1.807, 2.05) is 13.8 Å². The van der Waals surface area contributed by atoms with Gasteiger partial charge in [-0.05, 0) is 43.2 Å². The zero-order valence-corrected chi connectivity index (χ0v) is 21.5. The summed E-state index contributed by atoms with van der Waals surface area (Å²) < 4.78 is 16.1. The maximum atomic E-state index is 13.3. The highest BCUT2D eigenvalue weighted by Crippen LogP contribution is 2.30. The molecule has 1 aliphatic heterocycles. The van der Waals surface area contributed by atoms with Crippen molar-refractivity contribution in [2.24, 2.45) is 5.92 Å². The number of nitrogens with one attached hydrogen (secondary N) is 2. The van der Waals surface area contributed by atoms with E-state index in [1.54, 1.807) is 37.3 Å². The first-order chi connectivity index (χ1) is 17.6. The molecule has 1 aliphatic rings. The Morgan fingerprint density at radius 1 is 1.14 bits per heavy atom. The number of pyridine rings is 1. The molecule has 2 aromatic rings. The van der Waals surface area contributed by atoms with Crippen LogP contribution in [0.5, 0.6) is 11.5 Å². The summed E-state index contributed by atoms with van der Waals surface area (Å²) in [5, 5.41) is 5.68. The molecule has 11 heteroatoms. The van der Waals surface area contributed by atoms with Crippen molar-refractivity contribution in [3.05, 3.63) is 53.9 Å². The van der Waals surface area contributed by atoms with E-state index in [2.05, 4.69) is 15.6 Å². The molecule has 2 bridgehead atoms. The third-order valence-corrected chi connectivity index (χ3v) is 6.00. The number of esters is 1. The van der Waals surface area contributed by atoms with Crippen LogP contribution in [-0.4, -0.2) is 79.1 Å². The first-order valence-electron chi connectivity index (χ1n) is 11.9. The van der Waals surface area contributed by atoms with Crippen molar-refractivity contribution in [2.75, 3.05) is 27.3 Å². The number of fused-ring (bicyclic) bond motifs is 2. The first-order valence-corrected chi connectivity index (χ1v) is 11.9. The summed E-state index contributed by atoms with van der Waals surface area (Å²) in [7, 11) is 2.63. The molecule has 3 amide bonds. The van der Waals surface area contributed by atoms with Gasteiger partial charge in [0.2, 0.25) is 12.0 Å². The molecule has 0 saturated carbocycles. The van der Waals surface area contributed by atoms with Crippen molar-refractivity contribution < 1.29 is 33.4 Å². The Labute approximate surface area is 215 Å². The minimum absolute atomic E-state index is 0.0561. The fourth-order valence-corrected chi connectivity index (χ4v) is 3.85. The van der Waals surface area contributed by atoms with Crippen LogP contribution in [0.3, 0.4) is 0 Å². The number of ether oxygens (including phenoxy) is 3. The van der Waals surface area contributed by atoms with E-state index in [0.717, 1.165) is 0 Å². The minimum Gasteiger partial charge on any atom is -0.493 e. The van der Waals surface area contributed by atoms with Gasteiger partial charge in [0.05, 0.1) is 26.8 Å². The SMILES string of the molecule is COC(=O)[C@@H]1Oc2cc(ccc2OC)C(=O)N[C@@H](C(C)C)CN(C(=O)c2ccccn2)CC(=O)N[C@H]1C. The summed E-state index contributed by atoms with van der Waals surface area (Å²) in [5.41, 5.74) is 0.426. The lowest BCUT2D eigenvalue weighted by molar-refractivity contribution is -0.150. The molecule has 198 valence electrons. The quantitative estimate of drug-likeness (QED) is 0.587. The third kappa shape index (κ3) is 6.75. The lowest BCUT2D eigenvalue weighted by Gasteiger charge is -2.31. The third-order valence-electron chi connectivity index (χ3n) is 6.00. The van der Waals surface area contributed by atoms with Crippen LogP contribution in [0.15, 0.2) is 42.6 Å². The number of carbonyl (C=O) groups is 4. The van der Waals surface area contributed by atoms with Crippen LogP contribution in [0, 0.1) is 5.92 Å². The number of carbonyl (C=O) groups excluding carboxylic acids is 4. The van der Waals surface area contributed by atoms with Gasteiger partial charge in [-0.15, -0.1) is 0 Å². The molecule has 37 heavy (non-hydrogen) atoms. The molecule has 11 nitrogen and oxygen atoms in total.